The molecule has 6 heteroatoms. The largest absolute Gasteiger partial charge is 0.466 e. The molecule has 0 aliphatic carbocycles. The lowest BCUT2D eigenvalue weighted by molar-refractivity contribution is -0.143. The molecule has 73 heavy (non-hydrogen) atoms. The molecule has 0 aliphatic rings. The summed E-state index contributed by atoms with van der Waals surface area (Å²) in [6.07, 6.45) is 76.7. The third kappa shape index (κ3) is 59.7. The second-order valence-electron chi connectivity index (χ2n) is 23.2. The van der Waals surface area contributed by atoms with Gasteiger partial charge < -0.3 is 20.3 Å². The molecule has 0 saturated heterocycles. The summed E-state index contributed by atoms with van der Waals surface area (Å²) in [5, 5.41) is 23.4. The molecule has 0 heterocycles. The Kier molecular flexibility index (Phi) is 61.9. The summed E-state index contributed by atoms with van der Waals surface area (Å²) in [5.74, 6) is -0.0290. The van der Waals surface area contributed by atoms with Gasteiger partial charge in [-0.3, -0.25) is 9.59 Å². The Balaban J connectivity index is 3.42. The van der Waals surface area contributed by atoms with E-state index in [0.29, 0.717) is 25.9 Å². The number of nitrogens with one attached hydrogen (secondary N) is 1. The van der Waals surface area contributed by atoms with Gasteiger partial charge in [0.2, 0.25) is 5.91 Å². The summed E-state index contributed by atoms with van der Waals surface area (Å²) in [6.45, 7) is 4.98. The van der Waals surface area contributed by atoms with E-state index in [1.54, 1.807) is 0 Å². The number of carbonyl (C=O) groups excluding carboxylic acids is 2. The number of aliphatic hydroxyl groups excluding tert-OH is 2. The third-order valence-electron chi connectivity index (χ3n) is 15.8. The fourth-order valence-corrected chi connectivity index (χ4v) is 10.7. The molecule has 0 aromatic heterocycles. The number of rotatable bonds is 63. The van der Waals surface area contributed by atoms with E-state index < -0.39 is 12.1 Å². The van der Waals surface area contributed by atoms with E-state index in [-0.39, 0.29) is 18.5 Å². The molecule has 2 unspecified atom stereocenters. The number of aliphatic hydroxyl groups is 2. The SMILES string of the molecule is CCCCCCCCCCCCCCCCCCCCCCCCCCC(O)C(CO)NC(=O)CCCCCCCCC/C=C\CCCCCCCCCCCCOC(=O)CCCCCCCCCCCCC. The first-order valence-corrected chi connectivity index (χ1v) is 33.4. The summed E-state index contributed by atoms with van der Waals surface area (Å²) in [4.78, 5) is 24.5. The number of unbranched alkanes of at least 4 members (excludes halogenated alkanes) is 50. The lowest BCUT2D eigenvalue weighted by atomic mass is 10.0. The van der Waals surface area contributed by atoms with Crippen LogP contribution in [0.25, 0.3) is 0 Å². The predicted molar refractivity (Wildman–Crippen MR) is 320 cm³/mol. The molecule has 434 valence electrons. The average Bonchev–Trinajstić information content (AvgIpc) is 3.39. The summed E-state index contributed by atoms with van der Waals surface area (Å²) in [5.41, 5.74) is 0. The van der Waals surface area contributed by atoms with Crippen LogP contribution in [0.15, 0.2) is 12.2 Å². The minimum atomic E-state index is -0.670. The number of allylic oxidation sites excluding steroid dienone is 2. The van der Waals surface area contributed by atoms with Crippen molar-refractivity contribution in [2.24, 2.45) is 0 Å². The number of hydrogen-bond donors (Lipinski definition) is 3. The minimum absolute atomic E-state index is 0.00897. The van der Waals surface area contributed by atoms with Gasteiger partial charge in [0.15, 0.2) is 0 Å². The molecule has 0 fully saturated rings. The first-order chi connectivity index (χ1) is 36.0. The van der Waals surface area contributed by atoms with Gasteiger partial charge in [-0.15, -0.1) is 0 Å². The normalized spacial score (nSPS) is 12.5. The molecule has 0 radical (unpaired) electrons. The quantitative estimate of drug-likeness (QED) is 0.0320. The minimum Gasteiger partial charge on any atom is -0.466 e. The van der Waals surface area contributed by atoms with Gasteiger partial charge >= 0.3 is 5.97 Å². The van der Waals surface area contributed by atoms with Crippen LogP contribution < -0.4 is 5.32 Å². The van der Waals surface area contributed by atoms with Crippen LogP contribution in [0.3, 0.4) is 0 Å². The number of amides is 1. The average molecular weight is 1030 g/mol. The van der Waals surface area contributed by atoms with Crippen molar-refractivity contribution in [3.8, 4) is 0 Å². The molecule has 3 N–H and O–H groups in total. The molecular formula is C67H131NO5. The van der Waals surface area contributed by atoms with Gasteiger partial charge in [0.25, 0.3) is 0 Å². The fraction of sp³-hybridized carbons (Fsp3) is 0.940. The molecule has 0 aromatic rings. The van der Waals surface area contributed by atoms with E-state index in [9.17, 15) is 19.8 Å². The second kappa shape index (κ2) is 63.1. The molecule has 6 nitrogen and oxygen atoms in total. The van der Waals surface area contributed by atoms with Crippen LogP contribution in [0.1, 0.15) is 380 Å². The lowest BCUT2D eigenvalue weighted by Gasteiger charge is -2.22. The van der Waals surface area contributed by atoms with Crippen molar-refractivity contribution in [3.05, 3.63) is 12.2 Å². The number of ether oxygens (including phenoxy) is 1. The van der Waals surface area contributed by atoms with E-state index in [4.69, 9.17) is 4.74 Å². The van der Waals surface area contributed by atoms with Gasteiger partial charge in [0, 0.05) is 12.8 Å². The molecule has 0 saturated carbocycles. The highest BCUT2D eigenvalue weighted by Gasteiger charge is 2.20. The Morgan fingerprint density at radius 1 is 0.370 bits per heavy atom. The van der Waals surface area contributed by atoms with E-state index in [1.165, 1.54) is 308 Å². The van der Waals surface area contributed by atoms with Gasteiger partial charge in [0.1, 0.15) is 0 Å². The molecule has 2 atom stereocenters. The van der Waals surface area contributed by atoms with E-state index in [0.717, 1.165) is 38.5 Å². The Labute approximate surface area is 457 Å². The summed E-state index contributed by atoms with van der Waals surface area (Å²) < 4.78 is 5.47. The van der Waals surface area contributed by atoms with Crippen molar-refractivity contribution in [3.63, 3.8) is 0 Å². The molecule has 0 aliphatic heterocycles. The smallest absolute Gasteiger partial charge is 0.305 e. The van der Waals surface area contributed by atoms with Crippen LogP contribution in [-0.2, 0) is 14.3 Å². The van der Waals surface area contributed by atoms with Crippen molar-refractivity contribution in [2.45, 2.75) is 392 Å². The van der Waals surface area contributed by atoms with Crippen molar-refractivity contribution < 1.29 is 24.5 Å². The van der Waals surface area contributed by atoms with Crippen LogP contribution in [0.4, 0.5) is 0 Å². The number of hydrogen-bond acceptors (Lipinski definition) is 5. The van der Waals surface area contributed by atoms with Crippen LogP contribution in [0.5, 0.6) is 0 Å². The Morgan fingerprint density at radius 3 is 0.973 bits per heavy atom. The molecule has 0 spiro atoms. The van der Waals surface area contributed by atoms with Crippen molar-refractivity contribution in [1.29, 1.82) is 0 Å². The summed E-state index contributed by atoms with van der Waals surface area (Å²) >= 11 is 0. The highest BCUT2D eigenvalue weighted by molar-refractivity contribution is 5.76. The van der Waals surface area contributed by atoms with Crippen LogP contribution in [-0.4, -0.2) is 47.4 Å². The lowest BCUT2D eigenvalue weighted by Crippen LogP contribution is -2.45. The third-order valence-corrected chi connectivity index (χ3v) is 15.8. The van der Waals surface area contributed by atoms with Crippen molar-refractivity contribution in [2.75, 3.05) is 13.2 Å². The zero-order valence-corrected chi connectivity index (χ0v) is 49.6. The molecule has 0 aromatic carbocycles. The standard InChI is InChI=1S/C67H131NO5/c1-3-5-7-9-11-13-15-16-17-18-19-20-21-22-24-27-30-33-36-40-43-47-51-55-59-65(70)64(63-69)68-66(71)60-56-52-48-44-41-37-34-31-28-25-23-26-29-32-35-38-42-46-50-54-58-62-73-67(72)61-57-53-49-45-39-14-12-10-8-6-4-2/h25,28,64-65,69-70H,3-24,26-27,29-63H2,1-2H3,(H,68,71)/b28-25-. The van der Waals surface area contributed by atoms with Crippen LogP contribution in [0, 0.1) is 0 Å². The Bertz CT molecular complexity index is 1100. The first-order valence-electron chi connectivity index (χ1n) is 33.4. The van der Waals surface area contributed by atoms with Crippen LogP contribution >= 0.6 is 0 Å². The zero-order chi connectivity index (χ0) is 52.9. The van der Waals surface area contributed by atoms with Gasteiger partial charge in [0.05, 0.1) is 25.4 Å². The van der Waals surface area contributed by atoms with Crippen molar-refractivity contribution >= 4 is 11.9 Å². The fourth-order valence-electron chi connectivity index (χ4n) is 10.7. The van der Waals surface area contributed by atoms with E-state index >= 15 is 0 Å². The highest BCUT2D eigenvalue weighted by atomic mass is 16.5. The maximum absolute atomic E-state index is 12.5. The monoisotopic (exact) mass is 1030 g/mol. The number of esters is 1. The Morgan fingerprint density at radius 2 is 0.644 bits per heavy atom. The molecular weight excluding hydrogens is 899 g/mol. The van der Waals surface area contributed by atoms with Gasteiger partial charge in [-0.2, -0.15) is 0 Å². The van der Waals surface area contributed by atoms with E-state index in [1.807, 2.05) is 0 Å². The predicted octanol–water partition coefficient (Wildman–Crippen LogP) is 21.2. The first kappa shape index (κ1) is 71.6. The maximum atomic E-state index is 12.5. The Hall–Kier alpha value is -1.40. The number of carbonyl (C=O) groups is 2. The van der Waals surface area contributed by atoms with Gasteiger partial charge in [-0.1, -0.05) is 328 Å². The summed E-state index contributed by atoms with van der Waals surface area (Å²) in [6, 6.07) is -0.548. The van der Waals surface area contributed by atoms with Crippen LogP contribution in [0.2, 0.25) is 0 Å². The highest BCUT2D eigenvalue weighted by Crippen LogP contribution is 2.19. The topological polar surface area (TPSA) is 95.9 Å². The zero-order valence-electron chi connectivity index (χ0n) is 49.6. The van der Waals surface area contributed by atoms with Crippen molar-refractivity contribution in [1.82, 2.24) is 5.32 Å². The molecule has 1 amide bonds. The molecule has 0 rings (SSSR count). The van der Waals surface area contributed by atoms with Gasteiger partial charge in [-0.25, -0.2) is 0 Å². The maximum Gasteiger partial charge on any atom is 0.305 e. The van der Waals surface area contributed by atoms with Gasteiger partial charge in [-0.05, 0) is 51.4 Å². The summed E-state index contributed by atoms with van der Waals surface area (Å²) in [7, 11) is 0. The van der Waals surface area contributed by atoms with E-state index in [2.05, 4.69) is 31.3 Å². The second-order valence-corrected chi connectivity index (χ2v) is 23.2. The molecule has 0 bridgehead atoms.